The Morgan fingerprint density at radius 3 is 1.78 bits per heavy atom. The molecule has 0 bridgehead atoms. The minimum Gasteiger partial charge on any atom is -0.351 e. The van der Waals surface area contributed by atoms with Gasteiger partial charge in [0.2, 0.25) is 5.91 Å². The number of amides is 3. The molecular formula is C13H23BrN2O2. The molecule has 104 valence electrons. The van der Waals surface area contributed by atoms with Crippen LogP contribution in [0.3, 0.4) is 0 Å². The van der Waals surface area contributed by atoms with E-state index in [-0.39, 0.29) is 5.91 Å². The van der Waals surface area contributed by atoms with Crippen LogP contribution in [0.1, 0.15) is 40.5 Å². The van der Waals surface area contributed by atoms with Gasteiger partial charge >= 0.3 is 6.03 Å². The first-order valence-corrected chi connectivity index (χ1v) is 6.70. The van der Waals surface area contributed by atoms with Gasteiger partial charge in [-0.25, -0.2) is 4.79 Å². The molecule has 0 atom stereocenters. The zero-order chi connectivity index (χ0) is 14.6. The van der Waals surface area contributed by atoms with E-state index in [1.54, 1.807) is 0 Å². The molecule has 0 unspecified atom stereocenters. The van der Waals surface area contributed by atoms with Crippen molar-refractivity contribution in [1.29, 1.82) is 0 Å². The summed E-state index contributed by atoms with van der Waals surface area (Å²) in [4.78, 5) is 21.6. The molecule has 0 rings (SSSR count). The van der Waals surface area contributed by atoms with E-state index in [0.717, 1.165) is 0 Å². The number of imide groups is 1. The van der Waals surface area contributed by atoms with Crippen LogP contribution in [0.4, 0.5) is 4.79 Å². The second-order valence-corrected chi connectivity index (χ2v) is 5.06. The first-order chi connectivity index (χ1) is 8.37. The molecule has 0 aliphatic carbocycles. The fraction of sp³-hybridized carbons (Fsp3) is 0.538. The Balaban J connectivity index is 0. The number of rotatable bonds is 4. The molecule has 0 fully saturated rings. The SMILES string of the molecule is C/C=C/C=C/C.CCC(Br)(CC)C(=O)NC(N)=O. The number of carbonyl (C=O) groups excluding carboxylic acids is 2. The van der Waals surface area contributed by atoms with Gasteiger partial charge in [0.15, 0.2) is 0 Å². The zero-order valence-electron chi connectivity index (χ0n) is 11.5. The van der Waals surface area contributed by atoms with Gasteiger partial charge in [-0.2, -0.15) is 0 Å². The second kappa shape index (κ2) is 11.0. The maximum absolute atomic E-state index is 11.3. The average molecular weight is 319 g/mol. The van der Waals surface area contributed by atoms with Crippen LogP contribution in [0.5, 0.6) is 0 Å². The summed E-state index contributed by atoms with van der Waals surface area (Å²) in [5, 5.41) is 2.04. The van der Waals surface area contributed by atoms with Crippen LogP contribution in [-0.2, 0) is 4.79 Å². The van der Waals surface area contributed by atoms with Gasteiger partial charge in [0.1, 0.15) is 4.32 Å². The van der Waals surface area contributed by atoms with Gasteiger partial charge in [-0.1, -0.05) is 54.1 Å². The summed E-state index contributed by atoms with van der Waals surface area (Å²) in [6.45, 7) is 7.72. The number of carbonyl (C=O) groups is 2. The number of hydrogen-bond donors (Lipinski definition) is 2. The van der Waals surface area contributed by atoms with Crippen molar-refractivity contribution in [1.82, 2.24) is 5.32 Å². The largest absolute Gasteiger partial charge is 0.351 e. The lowest BCUT2D eigenvalue weighted by atomic mass is 10.0. The van der Waals surface area contributed by atoms with Crippen LogP contribution in [0.2, 0.25) is 0 Å². The molecule has 0 aliphatic heterocycles. The normalized spacial score (nSPS) is 11.2. The third kappa shape index (κ3) is 8.98. The minimum atomic E-state index is -0.814. The molecule has 3 amide bonds. The summed E-state index contributed by atoms with van der Waals surface area (Å²) < 4.78 is -0.665. The number of alkyl halides is 1. The smallest absolute Gasteiger partial charge is 0.318 e. The van der Waals surface area contributed by atoms with Crippen molar-refractivity contribution in [3.63, 3.8) is 0 Å². The molecule has 5 heteroatoms. The molecule has 0 spiro atoms. The Morgan fingerprint density at radius 1 is 1.17 bits per heavy atom. The van der Waals surface area contributed by atoms with E-state index in [2.05, 4.69) is 15.9 Å². The van der Waals surface area contributed by atoms with Crippen molar-refractivity contribution in [3.05, 3.63) is 24.3 Å². The second-order valence-electron chi connectivity index (χ2n) is 3.54. The molecule has 0 aromatic heterocycles. The number of allylic oxidation sites excluding steroid dienone is 4. The van der Waals surface area contributed by atoms with Crippen LogP contribution in [0.15, 0.2) is 24.3 Å². The molecule has 0 aromatic carbocycles. The Kier molecular flexibility index (Phi) is 11.8. The van der Waals surface area contributed by atoms with E-state index in [0.29, 0.717) is 12.8 Å². The molecule has 0 saturated carbocycles. The highest BCUT2D eigenvalue weighted by molar-refractivity contribution is 9.10. The van der Waals surface area contributed by atoms with Gasteiger partial charge in [-0.3, -0.25) is 10.1 Å². The highest BCUT2D eigenvalue weighted by atomic mass is 79.9. The van der Waals surface area contributed by atoms with Gasteiger partial charge < -0.3 is 5.73 Å². The fourth-order valence-corrected chi connectivity index (χ4v) is 1.12. The minimum absolute atomic E-state index is 0.375. The van der Waals surface area contributed by atoms with Crippen LogP contribution < -0.4 is 11.1 Å². The molecule has 18 heavy (non-hydrogen) atoms. The Morgan fingerprint density at radius 2 is 1.56 bits per heavy atom. The van der Waals surface area contributed by atoms with E-state index in [1.807, 2.05) is 57.3 Å². The molecule has 0 saturated heterocycles. The summed E-state index contributed by atoms with van der Waals surface area (Å²) in [5.74, 6) is -0.375. The number of hydrogen-bond acceptors (Lipinski definition) is 2. The topological polar surface area (TPSA) is 72.2 Å². The maximum atomic E-state index is 11.3. The van der Waals surface area contributed by atoms with Crippen LogP contribution in [0, 0.1) is 0 Å². The van der Waals surface area contributed by atoms with Gasteiger partial charge in [-0.15, -0.1) is 0 Å². The van der Waals surface area contributed by atoms with Crippen molar-refractivity contribution in [2.24, 2.45) is 5.73 Å². The summed E-state index contributed by atoms with van der Waals surface area (Å²) in [7, 11) is 0. The highest BCUT2D eigenvalue weighted by Gasteiger charge is 2.32. The van der Waals surface area contributed by atoms with E-state index >= 15 is 0 Å². The predicted molar refractivity (Wildman–Crippen MR) is 79.6 cm³/mol. The summed E-state index contributed by atoms with van der Waals surface area (Å²) in [5.41, 5.74) is 4.81. The lowest BCUT2D eigenvalue weighted by molar-refractivity contribution is -0.122. The van der Waals surface area contributed by atoms with Crippen molar-refractivity contribution in [2.45, 2.75) is 44.9 Å². The van der Waals surface area contributed by atoms with Crippen LogP contribution in [0.25, 0.3) is 0 Å². The van der Waals surface area contributed by atoms with Crippen molar-refractivity contribution in [2.75, 3.05) is 0 Å². The van der Waals surface area contributed by atoms with Gasteiger partial charge in [0.25, 0.3) is 0 Å². The molecular weight excluding hydrogens is 296 g/mol. The highest BCUT2D eigenvalue weighted by Crippen LogP contribution is 2.26. The van der Waals surface area contributed by atoms with Crippen LogP contribution >= 0.6 is 15.9 Å². The Labute approximate surface area is 118 Å². The Bertz CT molecular complexity index is 298. The Hall–Kier alpha value is -1.10. The molecule has 0 radical (unpaired) electrons. The number of nitrogens with two attached hydrogens (primary N) is 1. The number of nitrogens with one attached hydrogen (secondary N) is 1. The monoisotopic (exact) mass is 318 g/mol. The third-order valence-electron chi connectivity index (χ3n) is 2.26. The van der Waals surface area contributed by atoms with Crippen LogP contribution in [-0.4, -0.2) is 16.3 Å². The van der Waals surface area contributed by atoms with Crippen molar-refractivity contribution in [3.8, 4) is 0 Å². The van der Waals surface area contributed by atoms with E-state index in [4.69, 9.17) is 5.73 Å². The molecule has 0 aromatic rings. The van der Waals surface area contributed by atoms with Gasteiger partial charge in [0.05, 0.1) is 0 Å². The van der Waals surface area contributed by atoms with E-state index in [1.165, 1.54) is 0 Å². The molecule has 0 heterocycles. The molecule has 4 nitrogen and oxygen atoms in total. The molecule has 3 N–H and O–H groups in total. The lowest BCUT2D eigenvalue weighted by Crippen LogP contribution is -2.46. The summed E-state index contributed by atoms with van der Waals surface area (Å²) in [6.07, 6.45) is 9.23. The lowest BCUT2D eigenvalue weighted by Gasteiger charge is -2.21. The maximum Gasteiger partial charge on any atom is 0.318 e. The number of primary amides is 1. The van der Waals surface area contributed by atoms with E-state index < -0.39 is 10.4 Å². The number of urea groups is 1. The summed E-state index contributed by atoms with van der Waals surface area (Å²) in [6, 6.07) is -0.814. The van der Waals surface area contributed by atoms with Gasteiger partial charge in [-0.05, 0) is 26.7 Å². The molecule has 0 aliphatic rings. The first-order valence-electron chi connectivity index (χ1n) is 5.91. The predicted octanol–water partition coefficient (Wildman–Crippen LogP) is 3.27. The van der Waals surface area contributed by atoms with Crippen molar-refractivity contribution < 1.29 is 9.59 Å². The summed E-state index contributed by atoms with van der Waals surface area (Å²) >= 11 is 3.26. The first kappa shape index (κ1) is 19.2. The zero-order valence-corrected chi connectivity index (χ0v) is 13.1. The quantitative estimate of drug-likeness (QED) is 0.616. The van der Waals surface area contributed by atoms with Gasteiger partial charge in [0, 0.05) is 0 Å². The van der Waals surface area contributed by atoms with E-state index in [9.17, 15) is 9.59 Å². The fourth-order valence-electron chi connectivity index (χ4n) is 1.02. The average Bonchev–Trinajstić information content (AvgIpc) is 2.35. The standard InChI is InChI=1S/C7H13BrN2O2.C6H10/c1-3-7(8,4-2)5(11)10-6(9)12;1-3-5-6-4-2/h3-4H2,1-2H3,(H3,9,10,11,12);3-6H,1-2H3/b;5-3+,6-4+. The van der Waals surface area contributed by atoms with Crippen molar-refractivity contribution >= 4 is 27.9 Å². The number of halogens is 1. The third-order valence-corrected chi connectivity index (χ3v) is 3.74.